The van der Waals surface area contributed by atoms with Gasteiger partial charge in [0.25, 0.3) is 10.2 Å². The summed E-state index contributed by atoms with van der Waals surface area (Å²) in [6.07, 6.45) is 9.25. The summed E-state index contributed by atoms with van der Waals surface area (Å²) in [7, 11) is -1.52. The molecule has 2 unspecified atom stereocenters. The van der Waals surface area contributed by atoms with Crippen LogP contribution < -0.4 is 5.32 Å². The fraction of sp³-hybridized carbons (Fsp3) is 1.00. The van der Waals surface area contributed by atoms with Crippen molar-refractivity contribution in [2.24, 2.45) is 5.92 Å². The van der Waals surface area contributed by atoms with Gasteiger partial charge < -0.3 is 5.32 Å². The third-order valence-electron chi connectivity index (χ3n) is 5.31. The van der Waals surface area contributed by atoms with Gasteiger partial charge in [-0.25, -0.2) is 0 Å². The summed E-state index contributed by atoms with van der Waals surface area (Å²) in [6.45, 7) is 2.27. The van der Waals surface area contributed by atoms with E-state index in [0.29, 0.717) is 18.5 Å². The van der Waals surface area contributed by atoms with Gasteiger partial charge in [-0.2, -0.15) is 17.0 Å². The lowest BCUT2D eigenvalue weighted by Gasteiger charge is -2.33. The van der Waals surface area contributed by atoms with E-state index in [1.807, 2.05) is 0 Å². The Hall–Kier alpha value is -0.170. The van der Waals surface area contributed by atoms with Crippen LogP contribution in [0.3, 0.4) is 0 Å². The monoisotopic (exact) mass is 315 g/mol. The zero-order valence-electron chi connectivity index (χ0n) is 13.1. The molecule has 122 valence electrons. The van der Waals surface area contributed by atoms with Crippen molar-refractivity contribution >= 4 is 10.2 Å². The Morgan fingerprint density at radius 2 is 1.90 bits per heavy atom. The summed E-state index contributed by atoms with van der Waals surface area (Å²) in [6, 6.07) is 0.976. The molecule has 0 aromatic rings. The largest absolute Gasteiger partial charge is 0.314 e. The Balaban J connectivity index is 1.51. The third kappa shape index (κ3) is 3.60. The number of rotatable bonds is 7. The Morgan fingerprint density at radius 3 is 2.67 bits per heavy atom. The summed E-state index contributed by atoms with van der Waals surface area (Å²) in [5.74, 6) is 0.610. The predicted molar refractivity (Wildman–Crippen MR) is 84.3 cm³/mol. The van der Waals surface area contributed by atoms with E-state index in [1.54, 1.807) is 15.7 Å². The first-order valence-electron chi connectivity index (χ1n) is 8.55. The van der Waals surface area contributed by atoms with Crippen molar-refractivity contribution in [2.45, 2.75) is 63.5 Å². The summed E-state index contributed by atoms with van der Waals surface area (Å²) in [4.78, 5) is 0. The van der Waals surface area contributed by atoms with Crippen molar-refractivity contribution < 1.29 is 8.42 Å². The summed E-state index contributed by atoms with van der Waals surface area (Å²) in [5.41, 5.74) is 0. The molecule has 6 heteroatoms. The van der Waals surface area contributed by atoms with E-state index < -0.39 is 10.2 Å². The molecule has 3 rings (SSSR count). The zero-order chi connectivity index (χ0) is 14.9. The molecule has 21 heavy (non-hydrogen) atoms. The second-order valence-electron chi connectivity index (χ2n) is 6.92. The van der Waals surface area contributed by atoms with Crippen LogP contribution in [-0.2, 0) is 10.2 Å². The maximum atomic E-state index is 12.8. The molecule has 2 atom stereocenters. The van der Waals surface area contributed by atoms with E-state index >= 15 is 0 Å². The first-order valence-corrected chi connectivity index (χ1v) is 9.95. The van der Waals surface area contributed by atoms with Crippen LogP contribution in [0, 0.1) is 5.92 Å². The molecule has 1 N–H and O–H groups in total. The lowest BCUT2D eigenvalue weighted by molar-refractivity contribution is 0.248. The van der Waals surface area contributed by atoms with Crippen molar-refractivity contribution in [3.63, 3.8) is 0 Å². The molecule has 3 aliphatic rings. The van der Waals surface area contributed by atoms with Crippen molar-refractivity contribution in [3.05, 3.63) is 0 Å². The second-order valence-corrected chi connectivity index (χ2v) is 8.91. The van der Waals surface area contributed by atoms with Crippen LogP contribution in [0.5, 0.6) is 0 Å². The van der Waals surface area contributed by atoms with Crippen molar-refractivity contribution in [3.8, 4) is 0 Å². The van der Waals surface area contributed by atoms with Crippen LogP contribution in [0.15, 0.2) is 0 Å². The third-order valence-corrected chi connectivity index (χ3v) is 7.33. The second kappa shape index (κ2) is 6.52. The van der Waals surface area contributed by atoms with E-state index in [2.05, 4.69) is 5.32 Å². The Morgan fingerprint density at radius 1 is 1.14 bits per heavy atom. The van der Waals surface area contributed by atoms with E-state index in [9.17, 15) is 8.42 Å². The highest BCUT2D eigenvalue weighted by molar-refractivity contribution is 7.86. The molecule has 0 aromatic carbocycles. The van der Waals surface area contributed by atoms with Gasteiger partial charge in [-0.05, 0) is 51.0 Å². The highest BCUT2D eigenvalue weighted by Gasteiger charge is 2.43. The molecule has 0 radical (unpaired) electrons. The minimum atomic E-state index is -3.26. The normalized spacial score (nSPS) is 30.8. The average Bonchev–Trinajstić information content (AvgIpc) is 3.19. The molecule has 0 spiro atoms. The zero-order valence-corrected chi connectivity index (χ0v) is 13.9. The molecular formula is C15H29N3O2S. The van der Waals surface area contributed by atoms with Gasteiger partial charge in [0.2, 0.25) is 0 Å². The topological polar surface area (TPSA) is 52.7 Å². The van der Waals surface area contributed by atoms with E-state index in [0.717, 1.165) is 32.4 Å². The number of hydrogen-bond acceptors (Lipinski definition) is 3. The van der Waals surface area contributed by atoms with Crippen LogP contribution in [0.1, 0.15) is 51.4 Å². The van der Waals surface area contributed by atoms with Crippen LogP contribution in [0.2, 0.25) is 0 Å². The highest BCUT2D eigenvalue weighted by Crippen LogP contribution is 2.38. The number of nitrogens with one attached hydrogen (secondary N) is 1. The van der Waals surface area contributed by atoms with Gasteiger partial charge in [0, 0.05) is 32.2 Å². The van der Waals surface area contributed by atoms with Crippen LogP contribution in [0.4, 0.5) is 0 Å². The average molecular weight is 315 g/mol. The maximum Gasteiger partial charge on any atom is 0.281 e. The first kappa shape index (κ1) is 15.7. The fourth-order valence-electron chi connectivity index (χ4n) is 3.84. The molecular weight excluding hydrogens is 286 g/mol. The van der Waals surface area contributed by atoms with Gasteiger partial charge in [0.1, 0.15) is 0 Å². The molecule has 0 aromatic heterocycles. The highest BCUT2D eigenvalue weighted by atomic mass is 32.2. The number of nitrogens with zero attached hydrogens (tertiary/aromatic N) is 2. The Labute approximate surface area is 129 Å². The molecule has 0 amide bonds. The molecule has 3 fully saturated rings. The number of fused-ring (bicyclic) bond motifs is 1. The molecule has 1 saturated heterocycles. The molecule has 1 heterocycles. The quantitative estimate of drug-likeness (QED) is 0.726. The fourth-order valence-corrected chi connectivity index (χ4v) is 5.51. The standard InChI is InChI=1S/C15H29N3O2S/c1-17(11-4-10-16-14-7-8-14)21(19,20)18-12-9-13-5-2-3-6-15(13)18/h13-16H,2-12H2,1H3. The Bertz CT molecular complexity index is 450. The van der Waals surface area contributed by atoms with Gasteiger partial charge in [0.05, 0.1) is 0 Å². The lowest BCUT2D eigenvalue weighted by atomic mass is 9.86. The van der Waals surface area contributed by atoms with Crippen molar-refractivity contribution in [2.75, 3.05) is 26.7 Å². The van der Waals surface area contributed by atoms with Crippen molar-refractivity contribution in [1.29, 1.82) is 0 Å². The first-order chi connectivity index (χ1) is 10.1. The summed E-state index contributed by atoms with van der Waals surface area (Å²) >= 11 is 0. The molecule has 0 bridgehead atoms. The van der Waals surface area contributed by atoms with Gasteiger partial charge in [0.15, 0.2) is 0 Å². The SMILES string of the molecule is CN(CCCNC1CC1)S(=O)(=O)N1CCC2CCCCC21. The van der Waals surface area contributed by atoms with Gasteiger partial charge in [-0.3, -0.25) is 0 Å². The minimum absolute atomic E-state index is 0.274. The molecule has 5 nitrogen and oxygen atoms in total. The predicted octanol–water partition coefficient (Wildman–Crippen LogP) is 1.57. The van der Waals surface area contributed by atoms with Crippen LogP contribution in [-0.4, -0.2) is 55.8 Å². The van der Waals surface area contributed by atoms with Gasteiger partial charge in [-0.1, -0.05) is 12.8 Å². The molecule has 1 aliphatic heterocycles. The molecule has 2 aliphatic carbocycles. The lowest BCUT2D eigenvalue weighted by Crippen LogP contribution is -2.46. The Kier molecular flexibility index (Phi) is 4.88. The maximum absolute atomic E-state index is 12.8. The number of hydrogen-bond donors (Lipinski definition) is 1. The van der Waals surface area contributed by atoms with E-state index in [1.165, 1.54) is 32.1 Å². The van der Waals surface area contributed by atoms with E-state index in [4.69, 9.17) is 0 Å². The smallest absolute Gasteiger partial charge is 0.281 e. The summed E-state index contributed by atoms with van der Waals surface area (Å²) < 4.78 is 28.9. The van der Waals surface area contributed by atoms with Gasteiger partial charge in [-0.15, -0.1) is 0 Å². The summed E-state index contributed by atoms with van der Waals surface area (Å²) in [5, 5.41) is 3.44. The van der Waals surface area contributed by atoms with E-state index in [-0.39, 0.29) is 6.04 Å². The minimum Gasteiger partial charge on any atom is -0.314 e. The van der Waals surface area contributed by atoms with Crippen LogP contribution in [0.25, 0.3) is 0 Å². The van der Waals surface area contributed by atoms with Crippen molar-refractivity contribution in [1.82, 2.24) is 13.9 Å². The van der Waals surface area contributed by atoms with Crippen LogP contribution >= 0.6 is 0 Å². The van der Waals surface area contributed by atoms with Gasteiger partial charge >= 0.3 is 0 Å². The molecule has 2 saturated carbocycles.